The fourth-order valence-electron chi connectivity index (χ4n) is 3.65. The number of carbonyl (C=O) groups is 1. The summed E-state index contributed by atoms with van der Waals surface area (Å²) >= 11 is 0. The van der Waals surface area contributed by atoms with E-state index in [1.807, 2.05) is 30.3 Å². The minimum atomic E-state index is -0.603. The summed E-state index contributed by atoms with van der Waals surface area (Å²) in [5.41, 5.74) is 3.47. The molecular weight excluding hydrogens is 251 g/mol. The van der Waals surface area contributed by atoms with Gasteiger partial charge in [0.2, 0.25) is 0 Å². The van der Waals surface area contributed by atoms with Crippen molar-refractivity contribution in [2.24, 2.45) is 0 Å². The van der Waals surface area contributed by atoms with Crippen LogP contribution >= 0.6 is 0 Å². The molecule has 0 bridgehead atoms. The second-order valence-corrected chi connectivity index (χ2v) is 5.49. The molecule has 2 aromatic carbocycles. The van der Waals surface area contributed by atoms with Crippen LogP contribution < -0.4 is 0 Å². The van der Waals surface area contributed by atoms with Gasteiger partial charge in [0, 0.05) is 0 Å². The highest BCUT2D eigenvalue weighted by atomic mass is 19.1. The van der Waals surface area contributed by atoms with Crippen molar-refractivity contribution in [3.8, 4) is 0 Å². The highest BCUT2D eigenvalue weighted by molar-refractivity contribution is 6.08. The fraction of sp³-hybridized carbons (Fsp3) is 0.167. The molecule has 1 atom stereocenters. The molecule has 0 fully saturated rings. The van der Waals surface area contributed by atoms with E-state index in [2.05, 4.69) is 0 Å². The third kappa shape index (κ3) is 1.34. The van der Waals surface area contributed by atoms with E-state index in [4.69, 9.17) is 0 Å². The van der Waals surface area contributed by atoms with Crippen LogP contribution in [0.15, 0.2) is 48.5 Å². The number of allylic oxidation sites excluding steroid dienone is 1. The topological polar surface area (TPSA) is 17.1 Å². The highest BCUT2D eigenvalue weighted by Gasteiger charge is 2.47. The molecule has 0 radical (unpaired) electrons. The molecule has 0 saturated heterocycles. The Kier molecular flexibility index (Phi) is 2.25. The van der Waals surface area contributed by atoms with Gasteiger partial charge in [-0.3, -0.25) is 4.79 Å². The smallest absolute Gasteiger partial charge is 0.170 e. The number of benzene rings is 2. The van der Waals surface area contributed by atoms with Crippen LogP contribution in [0.4, 0.5) is 4.39 Å². The van der Waals surface area contributed by atoms with E-state index in [1.165, 1.54) is 6.07 Å². The standard InChI is InChI=1S/C18H13FO/c19-14-6-7-16-13(11-14)9-10-18(16)15-4-2-1-3-12(15)5-8-17(18)20/h1-8,11H,9-10H2. The van der Waals surface area contributed by atoms with Gasteiger partial charge in [-0.05, 0) is 53.3 Å². The third-order valence-electron chi connectivity index (χ3n) is 4.55. The van der Waals surface area contributed by atoms with Gasteiger partial charge in [0.05, 0.1) is 5.41 Å². The quantitative estimate of drug-likeness (QED) is 0.709. The van der Waals surface area contributed by atoms with Crippen LogP contribution in [0.5, 0.6) is 0 Å². The molecule has 2 heteroatoms. The van der Waals surface area contributed by atoms with Gasteiger partial charge in [-0.1, -0.05) is 36.4 Å². The molecule has 0 heterocycles. The Morgan fingerprint density at radius 1 is 1.00 bits per heavy atom. The first-order chi connectivity index (χ1) is 9.72. The molecule has 1 nitrogen and oxygen atoms in total. The van der Waals surface area contributed by atoms with E-state index in [1.54, 1.807) is 18.2 Å². The van der Waals surface area contributed by atoms with Gasteiger partial charge < -0.3 is 0 Å². The first kappa shape index (κ1) is 11.6. The van der Waals surface area contributed by atoms with Crippen LogP contribution in [-0.4, -0.2) is 5.78 Å². The van der Waals surface area contributed by atoms with Crippen molar-refractivity contribution in [2.75, 3.05) is 0 Å². The molecule has 20 heavy (non-hydrogen) atoms. The normalized spacial score (nSPS) is 22.9. The van der Waals surface area contributed by atoms with Crippen LogP contribution in [0.2, 0.25) is 0 Å². The van der Waals surface area contributed by atoms with Crippen molar-refractivity contribution in [3.05, 3.63) is 76.6 Å². The number of fused-ring (bicyclic) bond motifs is 4. The van der Waals surface area contributed by atoms with Gasteiger partial charge in [0.25, 0.3) is 0 Å². The second-order valence-electron chi connectivity index (χ2n) is 5.49. The van der Waals surface area contributed by atoms with Gasteiger partial charge in [-0.25, -0.2) is 4.39 Å². The lowest BCUT2D eigenvalue weighted by Gasteiger charge is -2.32. The SMILES string of the molecule is O=C1C=Cc2ccccc2C12CCc1cc(F)ccc12. The highest BCUT2D eigenvalue weighted by Crippen LogP contribution is 2.48. The molecule has 2 aromatic rings. The molecule has 2 aliphatic rings. The molecule has 1 spiro atoms. The maximum absolute atomic E-state index is 13.4. The van der Waals surface area contributed by atoms with Crippen LogP contribution in [0.25, 0.3) is 6.08 Å². The molecule has 0 saturated carbocycles. The Balaban J connectivity index is 2.03. The average molecular weight is 264 g/mol. The predicted molar refractivity (Wildman–Crippen MR) is 76.0 cm³/mol. The van der Waals surface area contributed by atoms with Crippen LogP contribution in [0.1, 0.15) is 28.7 Å². The molecule has 2 aliphatic carbocycles. The number of halogens is 1. The number of aryl methyl sites for hydroxylation is 1. The number of hydrogen-bond donors (Lipinski definition) is 0. The molecule has 0 amide bonds. The summed E-state index contributed by atoms with van der Waals surface area (Å²) in [4.78, 5) is 12.6. The zero-order chi connectivity index (χ0) is 13.7. The Labute approximate surface area is 116 Å². The maximum Gasteiger partial charge on any atom is 0.170 e. The third-order valence-corrected chi connectivity index (χ3v) is 4.55. The van der Waals surface area contributed by atoms with E-state index < -0.39 is 5.41 Å². The molecular formula is C18H13FO. The van der Waals surface area contributed by atoms with E-state index in [0.717, 1.165) is 35.1 Å². The number of hydrogen-bond acceptors (Lipinski definition) is 1. The summed E-state index contributed by atoms with van der Waals surface area (Å²) in [6.07, 6.45) is 5.03. The van der Waals surface area contributed by atoms with Crippen molar-refractivity contribution in [3.63, 3.8) is 0 Å². The van der Waals surface area contributed by atoms with Crippen LogP contribution in [-0.2, 0) is 16.6 Å². The van der Waals surface area contributed by atoms with E-state index in [0.29, 0.717) is 0 Å². The van der Waals surface area contributed by atoms with E-state index >= 15 is 0 Å². The van der Waals surface area contributed by atoms with Gasteiger partial charge in [-0.2, -0.15) is 0 Å². The molecule has 0 aliphatic heterocycles. The second kappa shape index (κ2) is 3.89. The zero-order valence-electron chi connectivity index (χ0n) is 10.9. The minimum Gasteiger partial charge on any atom is -0.293 e. The number of rotatable bonds is 0. The van der Waals surface area contributed by atoms with Crippen LogP contribution in [0.3, 0.4) is 0 Å². The summed E-state index contributed by atoms with van der Waals surface area (Å²) in [7, 11) is 0. The van der Waals surface area contributed by atoms with Gasteiger partial charge in [-0.15, -0.1) is 0 Å². The van der Waals surface area contributed by atoms with Crippen molar-refractivity contribution in [1.29, 1.82) is 0 Å². The number of ketones is 1. The van der Waals surface area contributed by atoms with Gasteiger partial charge in [0.1, 0.15) is 5.82 Å². The van der Waals surface area contributed by atoms with Crippen molar-refractivity contribution in [1.82, 2.24) is 0 Å². The monoisotopic (exact) mass is 264 g/mol. The first-order valence-corrected chi connectivity index (χ1v) is 6.83. The maximum atomic E-state index is 13.4. The van der Waals surface area contributed by atoms with E-state index in [-0.39, 0.29) is 11.6 Å². The summed E-state index contributed by atoms with van der Waals surface area (Å²) in [5, 5.41) is 0. The number of carbonyl (C=O) groups excluding carboxylic acids is 1. The van der Waals surface area contributed by atoms with Crippen molar-refractivity contribution in [2.45, 2.75) is 18.3 Å². The van der Waals surface area contributed by atoms with Crippen molar-refractivity contribution < 1.29 is 9.18 Å². The molecule has 98 valence electrons. The predicted octanol–water partition coefficient (Wildman–Crippen LogP) is 3.65. The Morgan fingerprint density at radius 3 is 2.75 bits per heavy atom. The Morgan fingerprint density at radius 2 is 1.85 bits per heavy atom. The fourth-order valence-corrected chi connectivity index (χ4v) is 3.65. The molecule has 0 N–H and O–H groups in total. The largest absolute Gasteiger partial charge is 0.293 e. The summed E-state index contributed by atoms with van der Waals surface area (Å²) in [5.74, 6) is -0.116. The van der Waals surface area contributed by atoms with Gasteiger partial charge in [0.15, 0.2) is 5.78 Å². The lowest BCUT2D eigenvalue weighted by Crippen LogP contribution is -2.36. The summed E-state index contributed by atoms with van der Waals surface area (Å²) < 4.78 is 13.4. The average Bonchev–Trinajstić information content (AvgIpc) is 2.83. The Bertz CT molecular complexity index is 760. The molecule has 4 rings (SSSR count). The van der Waals surface area contributed by atoms with Crippen molar-refractivity contribution >= 4 is 11.9 Å². The molecule has 0 aromatic heterocycles. The Hall–Kier alpha value is -2.22. The van der Waals surface area contributed by atoms with E-state index in [9.17, 15) is 9.18 Å². The van der Waals surface area contributed by atoms with Gasteiger partial charge >= 0.3 is 0 Å². The summed E-state index contributed by atoms with van der Waals surface area (Å²) in [6.45, 7) is 0. The van der Waals surface area contributed by atoms with Crippen LogP contribution in [0, 0.1) is 5.82 Å². The lowest BCUT2D eigenvalue weighted by molar-refractivity contribution is -0.118. The zero-order valence-corrected chi connectivity index (χ0v) is 10.9. The minimum absolute atomic E-state index is 0.113. The first-order valence-electron chi connectivity index (χ1n) is 6.83. The molecule has 1 unspecified atom stereocenters. The summed E-state index contributed by atoms with van der Waals surface area (Å²) in [6, 6.07) is 12.8. The lowest BCUT2D eigenvalue weighted by atomic mass is 9.68.